The zero-order chi connectivity index (χ0) is 27.6. The molecule has 0 spiro atoms. The van der Waals surface area contributed by atoms with Gasteiger partial charge in [-0.15, -0.1) is 0 Å². The van der Waals surface area contributed by atoms with Crippen molar-refractivity contribution in [2.45, 2.75) is 49.3 Å². The lowest BCUT2D eigenvalue weighted by Gasteiger charge is -2.22. The van der Waals surface area contributed by atoms with Gasteiger partial charge in [-0.2, -0.15) is 0 Å². The maximum Gasteiger partial charge on any atom is 0.145 e. The van der Waals surface area contributed by atoms with Gasteiger partial charge in [-0.05, 0) is 71.5 Å². The van der Waals surface area contributed by atoms with E-state index in [-0.39, 0.29) is 0 Å². The second kappa shape index (κ2) is 11.1. The van der Waals surface area contributed by atoms with E-state index in [9.17, 15) is 0 Å². The first-order valence-electron chi connectivity index (χ1n) is 13.9. The largest absolute Gasteiger partial charge is 0.292 e. The molecule has 2 aromatic heterocycles. The molecule has 0 fully saturated rings. The van der Waals surface area contributed by atoms with Crippen molar-refractivity contribution < 1.29 is 0 Å². The smallest absolute Gasteiger partial charge is 0.145 e. The van der Waals surface area contributed by atoms with Crippen LogP contribution < -0.4 is 0 Å². The second-order valence-corrected chi connectivity index (χ2v) is 11.9. The minimum atomic E-state index is 0.385. The van der Waals surface area contributed by atoms with E-state index >= 15 is 0 Å². The van der Waals surface area contributed by atoms with Crippen LogP contribution in [0.2, 0.25) is 0 Å². The Morgan fingerprint density at radius 3 is 1.93 bits per heavy atom. The Hall–Kier alpha value is -4.15. The summed E-state index contributed by atoms with van der Waals surface area (Å²) in [4.78, 5) is 12.1. The average Bonchev–Trinajstić information content (AvgIpc) is 3.37. The highest BCUT2D eigenvalue weighted by Crippen LogP contribution is 2.38. The van der Waals surface area contributed by atoms with E-state index in [1.807, 2.05) is 18.3 Å². The topological polar surface area (TPSA) is 30.7 Å². The van der Waals surface area contributed by atoms with E-state index in [1.165, 1.54) is 26.6 Å². The van der Waals surface area contributed by atoms with Gasteiger partial charge >= 0.3 is 0 Å². The average molecular weight is 540 g/mol. The quantitative estimate of drug-likeness (QED) is 0.202. The van der Waals surface area contributed by atoms with Gasteiger partial charge in [0.15, 0.2) is 0 Å². The van der Waals surface area contributed by atoms with Gasteiger partial charge in [0.25, 0.3) is 0 Å². The first kappa shape index (κ1) is 26.1. The lowest BCUT2D eigenvalue weighted by Crippen LogP contribution is -2.08. The van der Waals surface area contributed by atoms with Gasteiger partial charge in [-0.3, -0.25) is 9.55 Å². The highest BCUT2D eigenvalue weighted by molar-refractivity contribution is 7.99. The third kappa shape index (κ3) is 5.07. The van der Waals surface area contributed by atoms with Crippen molar-refractivity contribution >= 4 is 22.8 Å². The van der Waals surface area contributed by atoms with Crippen molar-refractivity contribution in [1.29, 1.82) is 0 Å². The molecule has 3 nitrogen and oxygen atoms in total. The van der Waals surface area contributed by atoms with E-state index < -0.39 is 0 Å². The highest BCUT2D eigenvalue weighted by Gasteiger charge is 2.22. The fourth-order valence-corrected chi connectivity index (χ4v) is 6.24. The summed E-state index contributed by atoms with van der Waals surface area (Å²) in [7, 11) is 0. The molecule has 6 rings (SSSR count). The summed E-state index contributed by atoms with van der Waals surface area (Å²) in [6.45, 7) is 9.10. The van der Waals surface area contributed by atoms with Gasteiger partial charge in [0.2, 0.25) is 0 Å². The Kier molecular flexibility index (Phi) is 7.27. The number of aromatic nitrogens is 3. The van der Waals surface area contributed by atoms with Gasteiger partial charge in [-0.25, -0.2) is 4.98 Å². The number of hydrogen-bond acceptors (Lipinski definition) is 3. The molecule has 0 radical (unpaired) electrons. The summed E-state index contributed by atoms with van der Waals surface area (Å²) in [5.41, 5.74) is 9.29. The second-order valence-electron chi connectivity index (χ2n) is 10.7. The number of para-hydroxylation sites is 3. The van der Waals surface area contributed by atoms with E-state index in [2.05, 4.69) is 134 Å². The summed E-state index contributed by atoms with van der Waals surface area (Å²) in [6, 6.07) is 38.6. The van der Waals surface area contributed by atoms with Gasteiger partial charge in [0.05, 0.1) is 22.4 Å². The highest BCUT2D eigenvalue weighted by atomic mass is 32.2. The van der Waals surface area contributed by atoms with Crippen LogP contribution in [0.3, 0.4) is 0 Å². The SMILES string of the molecule is CC(C)c1cccc(C(C)C)c1-n1c(-c2cccc(Sc3cccc(-c4ccccn4)c3)c2)nc2ccccc21. The third-order valence-electron chi connectivity index (χ3n) is 7.25. The normalized spacial score (nSPS) is 11.6. The predicted octanol–water partition coefficient (Wildman–Crippen LogP) is 10.2. The maximum absolute atomic E-state index is 5.21. The monoisotopic (exact) mass is 539 g/mol. The lowest BCUT2D eigenvalue weighted by atomic mass is 9.92. The summed E-state index contributed by atoms with van der Waals surface area (Å²) >= 11 is 1.77. The molecule has 198 valence electrons. The van der Waals surface area contributed by atoms with Crippen molar-refractivity contribution in [1.82, 2.24) is 14.5 Å². The first-order valence-corrected chi connectivity index (χ1v) is 14.7. The van der Waals surface area contributed by atoms with Crippen molar-refractivity contribution in [3.05, 3.63) is 127 Å². The Bertz CT molecular complexity index is 1760. The Morgan fingerprint density at radius 1 is 0.625 bits per heavy atom. The van der Waals surface area contributed by atoms with Crippen LogP contribution in [0.4, 0.5) is 0 Å². The summed E-state index contributed by atoms with van der Waals surface area (Å²) in [5.74, 6) is 1.74. The molecule has 0 saturated heterocycles. The zero-order valence-electron chi connectivity index (χ0n) is 23.4. The Morgan fingerprint density at radius 2 is 1.25 bits per heavy atom. The van der Waals surface area contributed by atoms with E-state index in [4.69, 9.17) is 4.98 Å². The molecule has 40 heavy (non-hydrogen) atoms. The van der Waals surface area contributed by atoms with Gasteiger partial charge in [0.1, 0.15) is 5.82 Å². The molecule has 0 N–H and O–H groups in total. The number of benzene rings is 4. The molecule has 0 atom stereocenters. The molecular formula is C36H33N3S. The van der Waals surface area contributed by atoms with E-state index in [1.54, 1.807) is 11.8 Å². The lowest BCUT2D eigenvalue weighted by molar-refractivity contribution is 0.811. The van der Waals surface area contributed by atoms with Crippen LogP contribution in [0.15, 0.2) is 125 Å². The molecule has 0 aliphatic carbocycles. The first-order chi connectivity index (χ1) is 19.5. The number of fused-ring (bicyclic) bond motifs is 1. The number of pyridine rings is 1. The van der Waals surface area contributed by atoms with Crippen molar-refractivity contribution in [3.8, 4) is 28.3 Å². The van der Waals surface area contributed by atoms with Crippen LogP contribution in [-0.2, 0) is 0 Å². The fourth-order valence-electron chi connectivity index (χ4n) is 5.30. The molecule has 0 aliphatic rings. The van der Waals surface area contributed by atoms with Crippen LogP contribution >= 0.6 is 11.8 Å². The van der Waals surface area contributed by atoms with E-state index in [0.717, 1.165) is 33.7 Å². The molecule has 4 heteroatoms. The van der Waals surface area contributed by atoms with Crippen LogP contribution in [0.25, 0.3) is 39.4 Å². The minimum absolute atomic E-state index is 0.385. The minimum Gasteiger partial charge on any atom is -0.292 e. The molecule has 0 saturated carbocycles. The molecule has 0 unspecified atom stereocenters. The molecule has 6 aromatic rings. The van der Waals surface area contributed by atoms with Gasteiger partial charge < -0.3 is 0 Å². The summed E-state index contributed by atoms with van der Waals surface area (Å²) in [6.07, 6.45) is 1.84. The Balaban J connectivity index is 1.47. The number of nitrogens with zero attached hydrogens (tertiary/aromatic N) is 3. The van der Waals surface area contributed by atoms with Crippen molar-refractivity contribution in [3.63, 3.8) is 0 Å². The zero-order valence-corrected chi connectivity index (χ0v) is 24.2. The molecule has 4 aromatic carbocycles. The van der Waals surface area contributed by atoms with Crippen LogP contribution in [0, 0.1) is 0 Å². The third-order valence-corrected chi connectivity index (χ3v) is 8.23. The predicted molar refractivity (Wildman–Crippen MR) is 168 cm³/mol. The molecule has 0 amide bonds. The fraction of sp³-hybridized carbons (Fsp3) is 0.167. The van der Waals surface area contributed by atoms with Crippen molar-refractivity contribution in [2.75, 3.05) is 0 Å². The molecule has 2 heterocycles. The molecule has 0 aliphatic heterocycles. The maximum atomic E-state index is 5.21. The van der Waals surface area contributed by atoms with Crippen molar-refractivity contribution in [2.24, 2.45) is 0 Å². The van der Waals surface area contributed by atoms with Crippen LogP contribution in [-0.4, -0.2) is 14.5 Å². The van der Waals surface area contributed by atoms with E-state index in [0.29, 0.717) is 11.8 Å². The molecular weight excluding hydrogens is 506 g/mol. The summed E-state index contributed by atoms with van der Waals surface area (Å²) in [5, 5.41) is 0. The van der Waals surface area contributed by atoms with Crippen LogP contribution in [0.5, 0.6) is 0 Å². The number of hydrogen-bond donors (Lipinski definition) is 0. The standard InChI is InChI=1S/C36H33N3S/c1-24(2)30-16-11-17-31(25(3)4)35(30)39-34-20-6-5-19-33(34)38-36(39)27-13-10-15-29(23-27)40-28-14-9-12-26(22-28)32-18-7-8-21-37-32/h5-25H,1-4H3. The van der Waals surface area contributed by atoms with Gasteiger partial charge in [0, 0.05) is 27.1 Å². The van der Waals surface area contributed by atoms with Crippen LogP contribution in [0.1, 0.15) is 50.7 Å². The summed E-state index contributed by atoms with van der Waals surface area (Å²) < 4.78 is 2.39. The van der Waals surface area contributed by atoms with Gasteiger partial charge in [-0.1, -0.05) is 100 Å². The molecule has 0 bridgehead atoms. The number of rotatable bonds is 7. The Labute approximate surface area is 241 Å². The number of imidazole rings is 1.